The van der Waals surface area contributed by atoms with Crippen LogP contribution in [0.25, 0.3) is 0 Å². The van der Waals surface area contributed by atoms with E-state index in [4.69, 9.17) is 14.2 Å². The lowest BCUT2D eigenvalue weighted by Gasteiger charge is -2.30. The molecule has 2 aliphatic rings. The fourth-order valence-corrected chi connectivity index (χ4v) is 3.44. The van der Waals surface area contributed by atoms with Gasteiger partial charge in [-0.15, -0.1) is 0 Å². The van der Waals surface area contributed by atoms with Gasteiger partial charge in [-0.3, -0.25) is 14.4 Å². The van der Waals surface area contributed by atoms with E-state index >= 15 is 0 Å². The maximum atomic E-state index is 13.0. The molecular formula is C20H26N2O6. The molecule has 1 aliphatic heterocycles. The number of rotatable bonds is 7. The Bertz CT molecular complexity index is 716. The minimum atomic E-state index is -0.927. The molecule has 152 valence electrons. The Morgan fingerprint density at radius 3 is 2.57 bits per heavy atom. The molecule has 1 aliphatic carbocycles. The number of hydrogen-bond acceptors (Lipinski definition) is 6. The molecule has 1 unspecified atom stereocenters. The number of fused-ring (bicyclic) bond motifs is 1. The molecular weight excluding hydrogens is 364 g/mol. The quantitative estimate of drug-likeness (QED) is 0.705. The van der Waals surface area contributed by atoms with Crippen molar-refractivity contribution >= 4 is 17.8 Å². The molecule has 8 nitrogen and oxygen atoms in total. The molecule has 2 amide bonds. The van der Waals surface area contributed by atoms with Gasteiger partial charge in [0.15, 0.2) is 11.5 Å². The lowest BCUT2D eigenvalue weighted by molar-refractivity contribution is -0.153. The SMILES string of the molecule is CCOC(=O)CN(CC(=O)NC1CCCC1)C(=O)C1COc2ccccc2O1. The van der Waals surface area contributed by atoms with Crippen LogP contribution in [-0.2, 0) is 19.1 Å². The van der Waals surface area contributed by atoms with E-state index in [1.807, 2.05) is 6.07 Å². The second-order valence-corrected chi connectivity index (χ2v) is 6.91. The van der Waals surface area contributed by atoms with Crippen LogP contribution in [0.2, 0.25) is 0 Å². The summed E-state index contributed by atoms with van der Waals surface area (Å²) in [5, 5.41) is 2.93. The summed E-state index contributed by atoms with van der Waals surface area (Å²) in [5.41, 5.74) is 0. The zero-order valence-electron chi connectivity index (χ0n) is 16.0. The van der Waals surface area contributed by atoms with Crippen LogP contribution in [0.4, 0.5) is 0 Å². The molecule has 28 heavy (non-hydrogen) atoms. The standard InChI is InChI=1S/C20H26N2O6/c1-2-26-19(24)12-22(11-18(23)21-14-7-3-4-8-14)20(25)17-13-27-15-9-5-6-10-16(15)28-17/h5-6,9-10,14,17H,2-4,7-8,11-13H2,1H3,(H,21,23). The number of hydrogen-bond donors (Lipinski definition) is 1. The molecule has 1 N–H and O–H groups in total. The molecule has 1 heterocycles. The Labute approximate surface area is 164 Å². The minimum absolute atomic E-state index is 0.0133. The number of carbonyl (C=O) groups is 3. The van der Waals surface area contributed by atoms with Crippen LogP contribution in [0.3, 0.4) is 0 Å². The molecule has 1 saturated carbocycles. The van der Waals surface area contributed by atoms with Gasteiger partial charge in [0.05, 0.1) is 6.61 Å². The molecule has 1 aromatic rings. The average Bonchev–Trinajstić information content (AvgIpc) is 3.19. The number of benzene rings is 1. The van der Waals surface area contributed by atoms with Gasteiger partial charge in [0.2, 0.25) is 12.0 Å². The van der Waals surface area contributed by atoms with Crippen molar-refractivity contribution in [3.63, 3.8) is 0 Å². The van der Waals surface area contributed by atoms with Gasteiger partial charge in [-0.2, -0.15) is 0 Å². The maximum absolute atomic E-state index is 13.0. The van der Waals surface area contributed by atoms with Gasteiger partial charge in [-0.25, -0.2) is 0 Å². The maximum Gasteiger partial charge on any atom is 0.325 e. The summed E-state index contributed by atoms with van der Waals surface area (Å²) in [6, 6.07) is 7.18. The topological polar surface area (TPSA) is 94.2 Å². The van der Waals surface area contributed by atoms with Crippen molar-refractivity contribution in [1.29, 1.82) is 0 Å². The molecule has 3 rings (SSSR count). The van der Waals surface area contributed by atoms with Crippen LogP contribution in [0.1, 0.15) is 32.6 Å². The first-order valence-electron chi connectivity index (χ1n) is 9.69. The van der Waals surface area contributed by atoms with Gasteiger partial charge in [0, 0.05) is 6.04 Å². The Kier molecular flexibility index (Phi) is 6.73. The first kappa shape index (κ1) is 20.0. The molecule has 1 atom stereocenters. The van der Waals surface area contributed by atoms with E-state index in [0.717, 1.165) is 25.7 Å². The molecule has 0 bridgehead atoms. The lowest BCUT2D eigenvalue weighted by atomic mass is 10.2. The number of amides is 2. The third-order valence-corrected chi connectivity index (χ3v) is 4.78. The summed E-state index contributed by atoms with van der Waals surface area (Å²) < 4.78 is 16.3. The highest BCUT2D eigenvalue weighted by molar-refractivity contribution is 5.90. The van der Waals surface area contributed by atoms with Crippen molar-refractivity contribution < 1.29 is 28.6 Å². The Hall–Kier alpha value is -2.77. The van der Waals surface area contributed by atoms with Crippen LogP contribution in [0.15, 0.2) is 24.3 Å². The Balaban J connectivity index is 1.65. The van der Waals surface area contributed by atoms with Crippen molar-refractivity contribution in [3.8, 4) is 11.5 Å². The second kappa shape index (κ2) is 9.43. The van der Waals surface area contributed by atoms with Crippen molar-refractivity contribution in [3.05, 3.63) is 24.3 Å². The van der Waals surface area contributed by atoms with Crippen LogP contribution >= 0.6 is 0 Å². The largest absolute Gasteiger partial charge is 0.485 e. The fraction of sp³-hybridized carbons (Fsp3) is 0.550. The first-order chi connectivity index (χ1) is 13.6. The first-order valence-corrected chi connectivity index (χ1v) is 9.69. The van der Waals surface area contributed by atoms with Gasteiger partial charge < -0.3 is 24.4 Å². The molecule has 8 heteroatoms. The average molecular weight is 390 g/mol. The van der Waals surface area contributed by atoms with Crippen molar-refractivity contribution in [2.75, 3.05) is 26.3 Å². The van der Waals surface area contributed by atoms with E-state index < -0.39 is 18.0 Å². The van der Waals surface area contributed by atoms with Gasteiger partial charge in [0.1, 0.15) is 19.7 Å². The monoisotopic (exact) mass is 390 g/mol. The van der Waals surface area contributed by atoms with E-state index in [2.05, 4.69) is 5.32 Å². The van der Waals surface area contributed by atoms with Crippen LogP contribution in [-0.4, -0.2) is 61.1 Å². The number of nitrogens with one attached hydrogen (secondary N) is 1. The van der Waals surface area contributed by atoms with Crippen molar-refractivity contribution in [2.45, 2.75) is 44.8 Å². The van der Waals surface area contributed by atoms with E-state index in [-0.39, 0.29) is 38.3 Å². The van der Waals surface area contributed by atoms with Gasteiger partial charge >= 0.3 is 5.97 Å². The highest BCUT2D eigenvalue weighted by Gasteiger charge is 2.33. The fourth-order valence-electron chi connectivity index (χ4n) is 3.44. The molecule has 0 radical (unpaired) electrons. The van der Waals surface area contributed by atoms with Crippen molar-refractivity contribution in [2.24, 2.45) is 0 Å². The predicted octanol–water partition coefficient (Wildman–Crippen LogP) is 1.28. The van der Waals surface area contributed by atoms with Gasteiger partial charge in [0.25, 0.3) is 5.91 Å². The van der Waals surface area contributed by atoms with E-state index in [0.29, 0.717) is 11.5 Å². The van der Waals surface area contributed by atoms with Crippen LogP contribution in [0, 0.1) is 0 Å². The Morgan fingerprint density at radius 2 is 1.86 bits per heavy atom. The van der Waals surface area contributed by atoms with Gasteiger partial charge in [-0.05, 0) is 31.9 Å². The smallest absolute Gasteiger partial charge is 0.325 e. The minimum Gasteiger partial charge on any atom is -0.485 e. The lowest BCUT2D eigenvalue weighted by Crippen LogP contribution is -2.52. The zero-order chi connectivity index (χ0) is 19.9. The summed E-state index contributed by atoms with van der Waals surface area (Å²) in [7, 11) is 0. The molecule has 0 aromatic heterocycles. The predicted molar refractivity (Wildman–Crippen MR) is 100.0 cm³/mol. The number of para-hydroxylation sites is 2. The molecule has 1 aromatic carbocycles. The second-order valence-electron chi connectivity index (χ2n) is 6.91. The summed E-state index contributed by atoms with van der Waals surface area (Å²) in [4.78, 5) is 38.5. The highest BCUT2D eigenvalue weighted by atomic mass is 16.6. The normalized spacial score (nSPS) is 18.4. The third-order valence-electron chi connectivity index (χ3n) is 4.78. The van der Waals surface area contributed by atoms with E-state index in [1.54, 1.807) is 25.1 Å². The third kappa shape index (κ3) is 5.15. The van der Waals surface area contributed by atoms with E-state index in [9.17, 15) is 14.4 Å². The zero-order valence-corrected chi connectivity index (χ0v) is 16.0. The number of esters is 1. The molecule has 0 saturated heterocycles. The van der Waals surface area contributed by atoms with Crippen molar-refractivity contribution in [1.82, 2.24) is 10.2 Å². The molecule has 1 fully saturated rings. The Morgan fingerprint density at radius 1 is 1.14 bits per heavy atom. The number of carbonyl (C=O) groups excluding carboxylic acids is 3. The van der Waals surface area contributed by atoms with Crippen LogP contribution in [0.5, 0.6) is 11.5 Å². The van der Waals surface area contributed by atoms with Crippen LogP contribution < -0.4 is 14.8 Å². The number of nitrogens with zero attached hydrogens (tertiary/aromatic N) is 1. The summed E-state index contributed by atoms with van der Waals surface area (Å²) in [6.07, 6.45) is 3.12. The van der Waals surface area contributed by atoms with E-state index in [1.165, 1.54) is 4.90 Å². The molecule has 0 spiro atoms. The van der Waals surface area contributed by atoms with Gasteiger partial charge in [-0.1, -0.05) is 25.0 Å². The summed E-state index contributed by atoms with van der Waals surface area (Å²) in [6.45, 7) is 1.36. The highest BCUT2D eigenvalue weighted by Crippen LogP contribution is 2.31. The number of ether oxygens (including phenoxy) is 3. The summed E-state index contributed by atoms with van der Waals surface area (Å²) >= 11 is 0. The summed E-state index contributed by atoms with van der Waals surface area (Å²) in [5.74, 6) is -0.325.